The molecule has 0 atom stereocenters. The van der Waals surface area contributed by atoms with Crippen LogP contribution < -0.4 is 0 Å². The third kappa shape index (κ3) is 14.3. The molecule has 0 fully saturated rings. The van der Waals surface area contributed by atoms with Crippen LogP contribution in [0.4, 0.5) is 0 Å². The van der Waals surface area contributed by atoms with Gasteiger partial charge in [0.2, 0.25) is 0 Å². The first-order chi connectivity index (χ1) is 49.0. The zero-order valence-corrected chi connectivity index (χ0v) is 70.3. The van der Waals surface area contributed by atoms with Crippen molar-refractivity contribution in [3.05, 3.63) is 351 Å². The molecule has 10 aromatic carbocycles. The maximum Gasteiger partial charge on any atom is 0.179 e. The topological polar surface area (TPSA) is 36.9 Å². The summed E-state index contributed by atoms with van der Waals surface area (Å²) < 4.78 is 0. The Kier molecular flexibility index (Phi) is 20.6. The van der Waals surface area contributed by atoms with Crippen molar-refractivity contribution < 1.29 is 19.6 Å². The Morgan fingerprint density at radius 3 is 0.368 bits per heavy atom. The molecule has 10 aromatic rings. The summed E-state index contributed by atoms with van der Waals surface area (Å²) in [6.07, 6.45) is 0. The van der Waals surface area contributed by atoms with Crippen molar-refractivity contribution in [1.82, 2.24) is 0 Å². The van der Waals surface area contributed by atoms with Crippen molar-refractivity contribution in [2.24, 2.45) is 0 Å². The fraction of sp³-hybridized carbons (Fsp3) is 0.412. The smallest absolute Gasteiger partial charge is 0.179 e. The number of rotatable bonds is 8. The van der Waals surface area contributed by atoms with Gasteiger partial charge >= 0.3 is 0 Å². The molecule has 11 rings (SSSR count). The third-order valence-electron chi connectivity index (χ3n) is 23.2. The molecule has 0 aliphatic carbocycles. The quantitative estimate of drug-likeness (QED) is 0.142. The molecule has 0 amide bonds. The van der Waals surface area contributed by atoms with Gasteiger partial charge in [-0.15, -0.1) is 0 Å². The van der Waals surface area contributed by atoms with Crippen molar-refractivity contribution in [3.8, 4) is 0 Å². The summed E-state index contributed by atoms with van der Waals surface area (Å²) in [6, 6.07) is 78.4. The largest absolute Gasteiger partial charge is 0.214 e. The van der Waals surface area contributed by atoms with Gasteiger partial charge in [0.25, 0.3) is 0 Å². The van der Waals surface area contributed by atoms with E-state index in [1.807, 2.05) is 0 Å². The van der Waals surface area contributed by atoms with E-state index >= 15 is 0 Å². The summed E-state index contributed by atoms with van der Waals surface area (Å²) in [5.41, 5.74) is 18.9. The fourth-order valence-corrected chi connectivity index (χ4v) is 16.8. The molecule has 0 saturated carbocycles. The lowest BCUT2D eigenvalue weighted by molar-refractivity contribution is -0.391. The highest BCUT2D eigenvalue weighted by Crippen LogP contribution is 2.58. The van der Waals surface area contributed by atoms with Crippen molar-refractivity contribution in [1.29, 1.82) is 0 Å². The minimum absolute atomic E-state index is 0.171. The van der Waals surface area contributed by atoms with Gasteiger partial charge in [0.15, 0.2) is 22.4 Å². The number of hydrogen-bond acceptors (Lipinski definition) is 4. The third-order valence-corrected chi connectivity index (χ3v) is 23.2. The zero-order chi connectivity index (χ0) is 77.9. The van der Waals surface area contributed by atoms with E-state index in [0.29, 0.717) is 0 Å². The average molecular weight is 1410 g/mol. The first-order valence-electron chi connectivity index (χ1n) is 38.9. The number of benzene rings is 10. The van der Waals surface area contributed by atoms with E-state index in [-0.39, 0.29) is 43.3 Å². The summed E-state index contributed by atoms with van der Waals surface area (Å²) >= 11 is 0. The molecule has 4 bridgehead atoms. The fourth-order valence-electron chi connectivity index (χ4n) is 16.8. The van der Waals surface area contributed by atoms with E-state index in [9.17, 15) is 0 Å². The van der Waals surface area contributed by atoms with Crippen LogP contribution in [0.2, 0.25) is 0 Å². The molecule has 0 saturated heterocycles. The van der Waals surface area contributed by atoms with Gasteiger partial charge < -0.3 is 0 Å². The van der Waals surface area contributed by atoms with Crippen LogP contribution in [0.1, 0.15) is 311 Å². The molecule has 1 aliphatic heterocycles. The van der Waals surface area contributed by atoms with Crippen LogP contribution in [0.3, 0.4) is 0 Å². The highest BCUT2D eigenvalue weighted by molar-refractivity contribution is 5.66. The van der Waals surface area contributed by atoms with Crippen molar-refractivity contribution in [2.75, 3.05) is 0 Å². The second-order valence-electron chi connectivity index (χ2n) is 39.4. The molecular weight excluding hydrogens is 1290 g/mol. The van der Waals surface area contributed by atoms with Crippen LogP contribution >= 0.6 is 0 Å². The number of hydrogen-bond donors (Lipinski definition) is 0. The highest BCUT2D eigenvalue weighted by Gasteiger charge is 2.55. The summed E-state index contributed by atoms with van der Waals surface area (Å²) in [5.74, 6) is 0. The van der Waals surface area contributed by atoms with Crippen LogP contribution in [0.25, 0.3) is 0 Å². The second kappa shape index (κ2) is 27.6. The van der Waals surface area contributed by atoms with Gasteiger partial charge in [0, 0.05) is 22.3 Å². The average Bonchev–Trinajstić information content (AvgIpc) is 0.696. The van der Waals surface area contributed by atoms with E-state index in [4.69, 9.17) is 19.6 Å². The summed E-state index contributed by atoms with van der Waals surface area (Å²) in [5, 5.41) is 0. The molecule has 0 unspecified atom stereocenters. The van der Waals surface area contributed by atoms with Gasteiger partial charge in [0.05, 0.1) is 0 Å². The molecular formula is C102H124O4. The molecule has 0 spiro atoms. The Morgan fingerprint density at radius 1 is 0.170 bits per heavy atom. The molecule has 0 aromatic heterocycles. The molecule has 1 heterocycles. The van der Waals surface area contributed by atoms with Gasteiger partial charge in [0.1, 0.15) is 0 Å². The van der Waals surface area contributed by atoms with Gasteiger partial charge in [-0.05, 0) is 207 Å². The molecule has 4 nitrogen and oxygen atoms in total. The van der Waals surface area contributed by atoms with Crippen LogP contribution in [0.15, 0.2) is 206 Å². The summed E-state index contributed by atoms with van der Waals surface area (Å²) in [6.45, 7) is 68.6. The highest BCUT2D eigenvalue weighted by atomic mass is 17.2. The second-order valence-corrected chi connectivity index (χ2v) is 39.4. The molecule has 4 heteroatoms. The first-order valence-corrected chi connectivity index (χ1v) is 38.9. The Hall–Kier alpha value is -7.96. The molecule has 1 aliphatic rings. The summed E-state index contributed by atoms with van der Waals surface area (Å²) in [4.78, 5) is 34.5. The van der Waals surface area contributed by atoms with E-state index in [0.717, 1.165) is 100 Å². The van der Waals surface area contributed by atoms with Crippen LogP contribution in [-0.2, 0) is 85.3 Å². The Labute approximate surface area is 640 Å². The first kappa shape index (κ1) is 79.1. The lowest BCUT2D eigenvalue weighted by atomic mass is 9.68. The van der Waals surface area contributed by atoms with Crippen molar-refractivity contribution >= 4 is 0 Å². The zero-order valence-electron chi connectivity index (χ0n) is 70.3. The normalized spacial score (nSPS) is 16.0. The monoisotopic (exact) mass is 1410 g/mol. The van der Waals surface area contributed by atoms with Gasteiger partial charge in [-0.25, -0.2) is 19.6 Å². The number of aryl methyl sites for hydroxylation is 4. The predicted octanol–water partition coefficient (Wildman–Crippen LogP) is 26.7. The van der Waals surface area contributed by atoms with E-state index in [2.05, 4.69) is 414 Å². The van der Waals surface area contributed by atoms with Crippen molar-refractivity contribution in [3.63, 3.8) is 0 Å². The Bertz CT molecular complexity index is 3950. The maximum atomic E-state index is 8.62. The maximum absolute atomic E-state index is 8.62. The van der Waals surface area contributed by atoms with Crippen LogP contribution in [0.5, 0.6) is 0 Å². The lowest BCUT2D eigenvalue weighted by Crippen LogP contribution is -2.45. The van der Waals surface area contributed by atoms with Gasteiger partial charge in [-0.2, -0.15) is 0 Å². The standard InChI is InChI=1S/C102H124O4/c1-65-63-66(2)88-69(5)87(65)99(79-47-31-71(32-48-79)91(7,8)9,80-49-33-72(34-50-80)92(10,11)12)103-104-101(83-55-39-75(40-56-83)95(19,20)21,84-57-41-76(42-58-84)96(22,23)24)89-67(3)64-68(4)90(70(89)6)102(85-59-43-77(44-60-85)97(25,26)27,86-61-45-78(46-62-86)98(28,29)30)106-105-100(88,81-51-35-73(36-52-81)93(13,14)15)82-53-37-74(38-54-82)94(16,17)18/h31-64H,1-30H3. The minimum Gasteiger partial charge on any atom is -0.214 e. The minimum atomic E-state index is -1.54. The van der Waals surface area contributed by atoms with Gasteiger partial charge in [-0.1, -0.05) is 372 Å². The molecule has 106 heavy (non-hydrogen) atoms. The SMILES string of the molecule is Cc1cc(C)c2c(C)c1C(c1ccc(C(C)(C)C)cc1)(c1ccc(C(C)(C)C)cc1)OOC(c1ccc(C(C)(C)C)cc1)(c1ccc(C(C)(C)C)cc1)c1c(C)cc(C)c(c1C)C(c1ccc(C(C)(C)C)cc1)(c1ccc(C(C)(C)C)cc1)OOC2(c1ccc(C(C)(C)C)cc1)c1ccc(C(C)(C)C)cc1. The van der Waals surface area contributed by atoms with E-state index in [1.165, 1.54) is 44.5 Å². The Balaban J connectivity index is 1.47. The van der Waals surface area contributed by atoms with E-state index < -0.39 is 22.4 Å². The molecule has 0 radical (unpaired) electrons. The Morgan fingerprint density at radius 2 is 0.274 bits per heavy atom. The lowest BCUT2D eigenvalue weighted by Gasteiger charge is -2.47. The van der Waals surface area contributed by atoms with Crippen molar-refractivity contribution in [2.45, 2.75) is 273 Å². The van der Waals surface area contributed by atoms with E-state index in [1.54, 1.807) is 0 Å². The van der Waals surface area contributed by atoms with Gasteiger partial charge in [-0.3, -0.25) is 0 Å². The predicted molar refractivity (Wildman–Crippen MR) is 446 cm³/mol. The summed E-state index contributed by atoms with van der Waals surface area (Å²) in [7, 11) is 0. The van der Waals surface area contributed by atoms with Crippen LogP contribution in [0, 0.1) is 41.5 Å². The number of fused-ring (bicyclic) bond motifs is 4. The molecule has 556 valence electrons. The molecule has 0 N–H and O–H groups in total. The van der Waals surface area contributed by atoms with Crippen LogP contribution in [-0.4, -0.2) is 0 Å².